The van der Waals surface area contributed by atoms with Crippen LogP contribution in [-0.2, 0) is 29.2 Å². The van der Waals surface area contributed by atoms with Crippen LogP contribution in [0.2, 0.25) is 0 Å². The number of hydrogen-bond donors (Lipinski definition) is 1. The minimum absolute atomic E-state index is 0.00154. The van der Waals surface area contributed by atoms with E-state index in [0.29, 0.717) is 12.1 Å². The van der Waals surface area contributed by atoms with Crippen molar-refractivity contribution in [2.24, 2.45) is 0 Å². The molecule has 0 fully saturated rings. The summed E-state index contributed by atoms with van der Waals surface area (Å²) in [5.74, 6) is -3.54. The van der Waals surface area contributed by atoms with Crippen LogP contribution in [0, 0.1) is 5.41 Å². The summed E-state index contributed by atoms with van der Waals surface area (Å²) in [5, 5.41) is 7.29. The predicted molar refractivity (Wildman–Crippen MR) is 82.3 cm³/mol. The second-order valence-electron chi connectivity index (χ2n) is 4.79. The molecule has 0 saturated heterocycles. The smallest absolute Gasteiger partial charge is 0.491 e. The second kappa shape index (κ2) is 8.62. The van der Waals surface area contributed by atoms with Crippen molar-refractivity contribution in [1.29, 1.82) is 5.41 Å². The molecule has 1 aromatic rings. The van der Waals surface area contributed by atoms with Gasteiger partial charge < -0.3 is 17.8 Å². The van der Waals surface area contributed by atoms with Gasteiger partial charge in [0.2, 0.25) is 5.90 Å². The summed E-state index contributed by atoms with van der Waals surface area (Å²) in [6.07, 6.45) is 0. The van der Waals surface area contributed by atoms with Crippen molar-refractivity contribution in [3.8, 4) is 11.5 Å². The van der Waals surface area contributed by atoms with Crippen molar-refractivity contribution in [3.63, 3.8) is 0 Å². The first-order valence-electron chi connectivity index (χ1n) is 6.88. The van der Waals surface area contributed by atoms with Crippen molar-refractivity contribution in [1.82, 2.24) is 0 Å². The van der Waals surface area contributed by atoms with E-state index in [9.17, 15) is 43.2 Å². The second-order valence-corrected chi connectivity index (χ2v) is 7.87. The lowest BCUT2D eigenvalue weighted by atomic mass is 10.2. The third-order valence-electron chi connectivity index (χ3n) is 2.71. The maximum atomic E-state index is 12.5. The van der Waals surface area contributed by atoms with Crippen LogP contribution < -0.4 is 8.92 Å². The van der Waals surface area contributed by atoms with Gasteiger partial charge in [0.15, 0.2) is 5.75 Å². The van der Waals surface area contributed by atoms with Gasteiger partial charge in [0.1, 0.15) is 12.4 Å². The highest BCUT2D eigenvalue weighted by Crippen LogP contribution is 2.33. The average Bonchev–Trinajstić information content (AvgIpc) is 2.52. The molecule has 166 valence electrons. The summed E-state index contributed by atoms with van der Waals surface area (Å²) in [6.45, 7) is -0.167. The van der Waals surface area contributed by atoms with Gasteiger partial charge in [-0.1, -0.05) is 0 Å². The molecule has 0 radical (unpaired) electrons. The lowest BCUT2D eigenvalue weighted by Gasteiger charge is -2.16. The first-order valence-corrected chi connectivity index (χ1v) is 9.69. The van der Waals surface area contributed by atoms with Gasteiger partial charge in [-0.3, -0.25) is 5.41 Å². The maximum Gasteiger partial charge on any atom is 0.534 e. The standard InChI is InChI=1S/C12H11F6NO8S2/c1-24-4-5-25-7-2-3-8(10(19)27-29(22,23)12(16,17)18)9(6-7)26-28(20,21)11(13,14)15/h2-3,6,19H,4-5H2,1H3. The molecule has 0 spiro atoms. The summed E-state index contributed by atoms with van der Waals surface area (Å²) >= 11 is 0. The van der Waals surface area contributed by atoms with Crippen LogP contribution in [0.4, 0.5) is 26.3 Å². The monoisotopic (exact) mass is 475 g/mol. The zero-order valence-electron chi connectivity index (χ0n) is 14.0. The van der Waals surface area contributed by atoms with Crippen molar-refractivity contribution in [2.75, 3.05) is 20.3 Å². The molecule has 29 heavy (non-hydrogen) atoms. The van der Waals surface area contributed by atoms with Crippen LogP contribution in [0.25, 0.3) is 0 Å². The first kappa shape index (κ1) is 24.8. The summed E-state index contributed by atoms with van der Waals surface area (Å²) in [5.41, 5.74) is -13.0. The number of rotatable bonds is 8. The molecule has 0 aliphatic heterocycles. The van der Waals surface area contributed by atoms with E-state index in [1.165, 1.54) is 7.11 Å². The Labute approximate surface area is 159 Å². The molecule has 1 aromatic carbocycles. The van der Waals surface area contributed by atoms with E-state index in [4.69, 9.17) is 10.1 Å². The average molecular weight is 475 g/mol. The molecule has 0 unspecified atom stereocenters. The molecule has 0 aliphatic carbocycles. The van der Waals surface area contributed by atoms with Crippen molar-refractivity contribution in [3.05, 3.63) is 23.8 Å². The van der Waals surface area contributed by atoms with Crippen LogP contribution in [0.3, 0.4) is 0 Å². The molecular formula is C12H11F6NO8S2. The zero-order valence-corrected chi connectivity index (χ0v) is 15.6. The third kappa shape index (κ3) is 6.36. The fourth-order valence-electron chi connectivity index (χ4n) is 1.46. The van der Waals surface area contributed by atoms with Crippen molar-refractivity contribution < 1.29 is 61.0 Å². The zero-order chi connectivity index (χ0) is 22.7. The Hall–Kier alpha value is -2.27. The normalized spacial score (nSPS) is 13.1. The summed E-state index contributed by atoms with van der Waals surface area (Å²) in [6, 6.07) is 1.93. The van der Waals surface area contributed by atoms with E-state index in [-0.39, 0.29) is 19.0 Å². The van der Waals surface area contributed by atoms with Gasteiger partial charge in [-0.25, -0.2) is 0 Å². The van der Waals surface area contributed by atoms with Crippen molar-refractivity contribution in [2.45, 2.75) is 11.0 Å². The maximum absolute atomic E-state index is 12.5. The Bertz CT molecular complexity index is 956. The molecule has 0 saturated carbocycles. The van der Waals surface area contributed by atoms with Crippen LogP contribution in [0.15, 0.2) is 18.2 Å². The van der Waals surface area contributed by atoms with Crippen LogP contribution in [0.5, 0.6) is 11.5 Å². The topological polar surface area (TPSA) is 129 Å². The molecule has 1 rings (SSSR count). The third-order valence-corrected chi connectivity index (χ3v) is 4.63. The number of benzene rings is 1. The van der Waals surface area contributed by atoms with E-state index >= 15 is 0 Å². The molecule has 0 atom stereocenters. The molecule has 0 aliphatic rings. The Morgan fingerprint density at radius 1 is 0.966 bits per heavy atom. The SMILES string of the molecule is COCCOc1ccc(C(=N)OS(=O)(=O)C(F)(F)F)c(OS(=O)(=O)C(F)(F)F)c1. The van der Waals surface area contributed by atoms with Gasteiger partial charge in [-0.2, -0.15) is 43.2 Å². The quantitative estimate of drug-likeness (QED) is 0.151. The molecule has 1 N–H and O–H groups in total. The van der Waals surface area contributed by atoms with Gasteiger partial charge in [0, 0.05) is 13.2 Å². The highest BCUT2D eigenvalue weighted by molar-refractivity contribution is 7.88. The number of methoxy groups -OCH3 is 1. The molecule has 0 heterocycles. The van der Waals surface area contributed by atoms with Crippen LogP contribution in [0.1, 0.15) is 5.56 Å². The molecule has 9 nitrogen and oxygen atoms in total. The Balaban J connectivity index is 3.36. The van der Waals surface area contributed by atoms with E-state index in [1.54, 1.807) is 0 Å². The molecule has 0 aromatic heterocycles. The van der Waals surface area contributed by atoms with Gasteiger partial charge in [0.25, 0.3) is 0 Å². The van der Waals surface area contributed by atoms with Crippen LogP contribution >= 0.6 is 0 Å². The van der Waals surface area contributed by atoms with Gasteiger partial charge in [0.05, 0.1) is 12.2 Å². The molecule has 0 amide bonds. The Morgan fingerprint density at radius 3 is 2.00 bits per heavy atom. The number of ether oxygens (including phenoxy) is 2. The minimum Gasteiger partial charge on any atom is -0.491 e. The van der Waals surface area contributed by atoms with Crippen molar-refractivity contribution >= 4 is 26.1 Å². The lowest BCUT2D eigenvalue weighted by Crippen LogP contribution is -2.30. The fraction of sp³-hybridized carbons (Fsp3) is 0.417. The van der Waals surface area contributed by atoms with Gasteiger partial charge in [-0.05, 0) is 12.1 Å². The largest absolute Gasteiger partial charge is 0.534 e. The Kier molecular flexibility index (Phi) is 7.36. The summed E-state index contributed by atoms with van der Waals surface area (Å²) < 4.78 is 136. The molecule has 17 heteroatoms. The number of hydrogen-bond acceptors (Lipinski definition) is 9. The number of nitrogens with one attached hydrogen (secondary N) is 1. The molecular weight excluding hydrogens is 464 g/mol. The summed E-state index contributed by atoms with van der Waals surface area (Å²) in [4.78, 5) is 0. The summed E-state index contributed by atoms with van der Waals surface area (Å²) in [7, 11) is -11.4. The number of alkyl halides is 6. The first-order chi connectivity index (χ1) is 13.0. The van der Waals surface area contributed by atoms with E-state index in [2.05, 4.69) is 13.1 Å². The number of halogens is 6. The highest BCUT2D eigenvalue weighted by atomic mass is 32.2. The minimum atomic E-state index is -6.36. The Morgan fingerprint density at radius 2 is 1.52 bits per heavy atom. The van der Waals surface area contributed by atoms with Crippen LogP contribution in [-0.4, -0.2) is 54.1 Å². The van der Waals surface area contributed by atoms with E-state index < -0.39 is 48.5 Å². The lowest BCUT2D eigenvalue weighted by molar-refractivity contribution is -0.0506. The predicted octanol–water partition coefficient (Wildman–Crippen LogP) is 2.13. The van der Waals surface area contributed by atoms with Gasteiger partial charge in [-0.15, -0.1) is 0 Å². The highest BCUT2D eigenvalue weighted by Gasteiger charge is 2.50. The van der Waals surface area contributed by atoms with E-state index in [1.807, 2.05) is 0 Å². The fourth-order valence-corrected chi connectivity index (χ4v) is 2.33. The van der Waals surface area contributed by atoms with E-state index in [0.717, 1.165) is 6.07 Å². The molecule has 0 bridgehead atoms. The van der Waals surface area contributed by atoms with Gasteiger partial charge >= 0.3 is 31.3 Å².